The van der Waals surface area contributed by atoms with Gasteiger partial charge >= 0.3 is 0 Å². The van der Waals surface area contributed by atoms with E-state index in [2.05, 4.69) is 66.0 Å². The molecule has 5 rings (SSSR count). The lowest BCUT2D eigenvalue weighted by Crippen LogP contribution is -2.57. The van der Waals surface area contributed by atoms with E-state index in [1.807, 2.05) is 67.1 Å². The van der Waals surface area contributed by atoms with Crippen LogP contribution >= 0.6 is 0 Å². The minimum atomic E-state index is -0.861. The molecule has 6 nitrogen and oxygen atoms in total. The van der Waals surface area contributed by atoms with E-state index in [9.17, 15) is 0 Å². The maximum atomic E-state index is 7.56. The highest BCUT2D eigenvalue weighted by molar-refractivity contribution is 5.34. The van der Waals surface area contributed by atoms with Gasteiger partial charge in [-0.15, -0.1) is 0 Å². The third-order valence-corrected chi connectivity index (χ3v) is 7.10. The molecular formula is C32H34N6+2. The molecule has 4 aromatic heterocycles. The van der Waals surface area contributed by atoms with Crippen LogP contribution in [0.15, 0.2) is 134 Å². The van der Waals surface area contributed by atoms with Crippen LogP contribution in [-0.2, 0) is 31.6 Å². The van der Waals surface area contributed by atoms with Crippen molar-refractivity contribution >= 4 is 0 Å². The number of nitrogens with zero attached hydrogens (tertiary/aromatic N) is 5. The standard InChI is InChI=1S/C32H34N6/c1-2-20-37-21-15-27(16-22-37)24-32(33,30-13-5-9-19-36-30)31-14-6-10-23-38(31,25-28-11-3-7-17-34-28)26-29-12-4-8-18-35-29/h2-19,21-22H,1,20,23-26,33H2/q+2. The lowest BCUT2D eigenvalue weighted by atomic mass is 9.81. The minimum Gasteiger partial charge on any atom is -0.312 e. The van der Waals surface area contributed by atoms with Crippen LogP contribution in [0.1, 0.15) is 22.6 Å². The normalized spacial score (nSPS) is 15.9. The number of allylic oxidation sites excluding steroid dienone is 3. The molecular weight excluding hydrogens is 468 g/mol. The van der Waals surface area contributed by atoms with E-state index >= 15 is 0 Å². The average molecular weight is 503 g/mol. The van der Waals surface area contributed by atoms with Crippen molar-refractivity contribution in [3.63, 3.8) is 0 Å². The first kappa shape index (κ1) is 25.4. The van der Waals surface area contributed by atoms with Crippen LogP contribution in [0.25, 0.3) is 0 Å². The Morgan fingerprint density at radius 3 is 2.05 bits per heavy atom. The molecule has 0 amide bonds. The Morgan fingerprint density at radius 1 is 0.868 bits per heavy atom. The van der Waals surface area contributed by atoms with Crippen molar-refractivity contribution in [1.29, 1.82) is 0 Å². The summed E-state index contributed by atoms with van der Waals surface area (Å²) in [6.07, 6.45) is 18.7. The predicted molar refractivity (Wildman–Crippen MR) is 149 cm³/mol. The molecule has 4 aromatic rings. The van der Waals surface area contributed by atoms with Gasteiger partial charge in [-0.2, -0.15) is 0 Å². The molecule has 0 radical (unpaired) electrons. The summed E-state index contributed by atoms with van der Waals surface area (Å²) in [6, 6.07) is 22.4. The van der Waals surface area contributed by atoms with Crippen molar-refractivity contribution in [2.45, 2.75) is 31.6 Å². The highest BCUT2D eigenvalue weighted by Crippen LogP contribution is 2.40. The highest BCUT2D eigenvalue weighted by Gasteiger charge is 2.48. The van der Waals surface area contributed by atoms with Gasteiger partial charge in [-0.1, -0.05) is 30.9 Å². The van der Waals surface area contributed by atoms with Gasteiger partial charge in [-0.3, -0.25) is 19.4 Å². The number of hydrogen-bond donors (Lipinski definition) is 1. The summed E-state index contributed by atoms with van der Waals surface area (Å²) in [5.41, 5.74) is 11.8. The summed E-state index contributed by atoms with van der Waals surface area (Å²) in [5.74, 6) is 0. The Morgan fingerprint density at radius 2 is 1.50 bits per heavy atom. The predicted octanol–water partition coefficient (Wildman–Crippen LogP) is 4.41. The Kier molecular flexibility index (Phi) is 7.63. The number of aromatic nitrogens is 4. The van der Waals surface area contributed by atoms with Crippen LogP contribution in [0.2, 0.25) is 0 Å². The van der Waals surface area contributed by atoms with E-state index in [1.165, 1.54) is 0 Å². The van der Waals surface area contributed by atoms with Crippen LogP contribution in [0.3, 0.4) is 0 Å². The summed E-state index contributed by atoms with van der Waals surface area (Å²) in [4.78, 5) is 14.2. The van der Waals surface area contributed by atoms with Crippen LogP contribution in [0.5, 0.6) is 0 Å². The van der Waals surface area contributed by atoms with Crippen LogP contribution in [0.4, 0.5) is 0 Å². The van der Waals surface area contributed by atoms with Crippen molar-refractivity contribution in [2.75, 3.05) is 6.54 Å². The van der Waals surface area contributed by atoms with E-state index in [1.54, 1.807) is 0 Å². The molecule has 0 saturated heterocycles. The van der Waals surface area contributed by atoms with Gasteiger partial charge in [-0.05, 0) is 60.2 Å². The van der Waals surface area contributed by atoms with Gasteiger partial charge in [0.2, 0.25) is 0 Å². The number of quaternary nitrogens is 1. The van der Waals surface area contributed by atoms with E-state index in [0.717, 1.165) is 41.4 Å². The Balaban J connectivity index is 1.63. The second-order valence-electron chi connectivity index (χ2n) is 9.82. The minimum absolute atomic E-state index is 0.584. The summed E-state index contributed by atoms with van der Waals surface area (Å²) in [6.45, 7) is 6.76. The molecule has 6 heteroatoms. The number of rotatable bonds is 10. The molecule has 190 valence electrons. The smallest absolute Gasteiger partial charge is 0.169 e. The molecule has 0 spiro atoms. The molecule has 1 unspecified atom stereocenters. The third kappa shape index (κ3) is 5.52. The molecule has 0 aliphatic carbocycles. The Hall–Kier alpha value is -4.26. The van der Waals surface area contributed by atoms with Crippen molar-refractivity contribution in [1.82, 2.24) is 15.0 Å². The first-order valence-electron chi connectivity index (χ1n) is 12.9. The SMILES string of the molecule is C=CC[n+]1ccc(CC(N)(C2=CC=CC[N+]2(Cc2ccccn2)Cc2ccccn2)c2ccccn2)cc1. The summed E-state index contributed by atoms with van der Waals surface area (Å²) in [7, 11) is 0. The quantitative estimate of drug-likeness (QED) is 0.198. The molecule has 1 atom stereocenters. The second kappa shape index (κ2) is 11.4. The van der Waals surface area contributed by atoms with Gasteiger partial charge in [0.15, 0.2) is 18.9 Å². The van der Waals surface area contributed by atoms with Crippen molar-refractivity contribution < 1.29 is 9.05 Å². The topological polar surface area (TPSA) is 68.6 Å². The van der Waals surface area contributed by atoms with Gasteiger partial charge in [0, 0.05) is 37.1 Å². The summed E-state index contributed by atoms with van der Waals surface area (Å²) >= 11 is 0. The molecule has 0 bridgehead atoms. The van der Waals surface area contributed by atoms with E-state index in [0.29, 0.717) is 24.0 Å². The zero-order valence-electron chi connectivity index (χ0n) is 21.6. The molecule has 5 heterocycles. The maximum Gasteiger partial charge on any atom is 0.169 e. The molecule has 38 heavy (non-hydrogen) atoms. The first-order chi connectivity index (χ1) is 18.6. The fraction of sp³-hybridized carbons (Fsp3) is 0.188. The molecule has 1 aliphatic heterocycles. The fourth-order valence-corrected chi connectivity index (χ4v) is 5.35. The Bertz CT molecular complexity index is 1360. The molecule has 0 saturated carbocycles. The summed E-state index contributed by atoms with van der Waals surface area (Å²) in [5, 5.41) is 0. The lowest BCUT2D eigenvalue weighted by Gasteiger charge is -2.46. The maximum absolute atomic E-state index is 7.56. The van der Waals surface area contributed by atoms with Gasteiger partial charge < -0.3 is 5.73 Å². The van der Waals surface area contributed by atoms with Gasteiger partial charge in [0.05, 0.1) is 17.1 Å². The van der Waals surface area contributed by atoms with Crippen LogP contribution < -0.4 is 10.3 Å². The highest BCUT2D eigenvalue weighted by atomic mass is 15.4. The van der Waals surface area contributed by atoms with E-state index in [4.69, 9.17) is 20.7 Å². The zero-order valence-corrected chi connectivity index (χ0v) is 21.6. The van der Waals surface area contributed by atoms with Crippen molar-refractivity contribution in [3.8, 4) is 0 Å². The van der Waals surface area contributed by atoms with E-state index in [-0.39, 0.29) is 0 Å². The van der Waals surface area contributed by atoms with Crippen LogP contribution in [0, 0.1) is 0 Å². The van der Waals surface area contributed by atoms with Gasteiger partial charge in [0.1, 0.15) is 30.9 Å². The molecule has 2 N–H and O–H groups in total. The second-order valence-corrected chi connectivity index (χ2v) is 9.82. The first-order valence-corrected chi connectivity index (χ1v) is 12.9. The summed E-state index contributed by atoms with van der Waals surface area (Å²) < 4.78 is 2.68. The Labute approximate surface area is 224 Å². The van der Waals surface area contributed by atoms with Crippen molar-refractivity contribution in [3.05, 3.63) is 157 Å². The largest absolute Gasteiger partial charge is 0.312 e. The molecule has 0 aromatic carbocycles. The molecule has 0 fully saturated rings. The average Bonchev–Trinajstić information content (AvgIpc) is 2.96. The fourth-order valence-electron chi connectivity index (χ4n) is 5.35. The molecule has 1 aliphatic rings. The third-order valence-electron chi connectivity index (χ3n) is 7.10. The number of pyridine rings is 4. The lowest BCUT2D eigenvalue weighted by molar-refractivity contribution is -0.918. The van der Waals surface area contributed by atoms with E-state index < -0.39 is 5.54 Å². The van der Waals surface area contributed by atoms with Gasteiger partial charge in [0.25, 0.3) is 0 Å². The number of hydrogen-bond acceptors (Lipinski definition) is 4. The zero-order chi connectivity index (χ0) is 26.3. The van der Waals surface area contributed by atoms with Gasteiger partial charge in [-0.25, -0.2) is 4.57 Å². The monoisotopic (exact) mass is 502 g/mol. The van der Waals surface area contributed by atoms with Crippen LogP contribution in [-0.4, -0.2) is 26.0 Å². The van der Waals surface area contributed by atoms with Crippen molar-refractivity contribution in [2.24, 2.45) is 5.73 Å². The number of nitrogens with two attached hydrogens (primary N) is 1.